The molecule has 1 atom stereocenters. The molecule has 1 aromatic heterocycles. The number of carbonyl (C=O) groups excluding carboxylic acids is 1. The Labute approximate surface area is 186 Å². The van der Waals surface area contributed by atoms with Gasteiger partial charge in [-0.3, -0.25) is 9.69 Å². The predicted octanol–water partition coefficient (Wildman–Crippen LogP) is 3.47. The first-order valence-corrected chi connectivity index (χ1v) is 12.5. The van der Waals surface area contributed by atoms with Crippen LogP contribution in [0.25, 0.3) is 0 Å². The molecule has 2 saturated heterocycles. The van der Waals surface area contributed by atoms with Gasteiger partial charge in [-0.25, -0.2) is 4.98 Å². The van der Waals surface area contributed by atoms with E-state index in [9.17, 15) is 4.79 Å². The van der Waals surface area contributed by atoms with Crippen LogP contribution < -0.4 is 9.64 Å². The highest BCUT2D eigenvalue weighted by atomic mass is 16.5. The molecule has 170 valence electrons. The Kier molecular flexibility index (Phi) is 6.75. The van der Waals surface area contributed by atoms with Crippen molar-refractivity contribution < 1.29 is 14.3 Å². The normalized spacial score (nSPS) is 29.0. The molecule has 0 radical (unpaired) electrons. The number of hydrogen-bond donors (Lipinski definition) is 0. The molecule has 0 amide bonds. The number of carbonyl (C=O) groups is 1. The predicted molar refractivity (Wildman–Crippen MR) is 121 cm³/mol. The number of anilines is 1. The summed E-state index contributed by atoms with van der Waals surface area (Å²) in [5.74, 6) is 3.86. The van der Waals surface area contributed by atoms with E-state index in [0.717, 1.165) is 82.6 Å². The Morgan fingerprint density at radius 1 is 1.03 bits per heavy atom. The van der Waals surface area contributed by atoms with Gasteiger partial charge in [-0.05, 0) is 56.6 Å². The second kappa shape index (κ2) is 9.86. The van der Waals surface area contributed by atoms with Gasteiger partial charge >= 0.3 is 0 Å². The highest BCUT2D eigenvalue weighted by Crippen LogP contribution is 2.35. The van der Waals surface area contributed by atoms with Gasteiger partial charge in [0.25, 0.3) is 0 Å². The zero-order valence-electron chi connectivity index (χ0n) is 18.8. The van der Waals surface area contributed by atoms with Crippen LogP contribution in [0.3, 0.4) is 0 Å². The monoisotopic (exact) mass is 427 g/mol. The molecule has 31 heavy (non-hydrogen) atoms. The van der Waals surface area contributed by atoms with Crippen molar-refractivity contribution in [1.29, 1.82) is 0 Å². The number of aromatic nitrogens is 1. The first-order valence-electron chi connectivity index (χ1n) is 12.5. The Bertz CT molecular complexity index is 748. The molecule has 5 rings (SSSR count). The summed E-state index contributed by atoms with van der Waals surface area (Å²) in [6, 6.07) is 2.09. The molecular formula is C25H37N3O3. The standard InChI is InChI=1S/C25H37N3O3/c29-22(23-2-1-16-30-23)18-20-5-3-19(4-6-20)8-11-27-12-14-28(15-13-27)25-24-21(7-10-26-25)9-17-31-24/h7,10,19-20,23H,1-6,8-9,11-18H2. The number of nitrogens with zero attached hydrogens (tertiary/aromatic N) is 3. The SMILES string of the molecule is O=C(CC1CCC(CCN2CCN(c3nccc4c3OCC4)CC2)CC1)C1CCCO1. The molecule has 1 aliphatic carbocycles. The van der Waals surface area contributed by atoms with Crippen LogP contribution in [-0.4, -0.2) is 67.7 Å². The zero-order valence-corrected chi connectivity index (χ0v) is 18.8. The van der Waals surface area contributed by atoms with Crippen molar-refractivity contribution in [3.63, 3.8) is 0 Å². The summed E-state index contributed by atoms with van der Waals surface area (Å²) in [4.78, 5) is 22.0. The lowest BCUT2D eigenvalue weighted by Crippen LogP contribution is -2.47. The molecule has 4 heterocycles. The molecule has 4 aliphatic rings. The first kappa shape index (κ1) is 21.2. The molecule has 3 fully saturated rings. The van der Waals surface area contributed by atoms with Crippen molar-refractivity contribution in [1.82, 2.24) is 9.88 Å². The molecule has 0 N–H and O–H groups in total. The van der Waals surface area contributed by atoms with Crippen molar-refractivity contribution in [3.8, 4) is 5.75 Å². The number of rotatable bonds is 7. The zero-order chi connectivity index (χ0) is 21.0. The molecule has 1 unspecified atom stereocenters. The summed E-state index contributed by atoms with van der Waals surface area (Å²) >= 11 is 0. The van der Waals surface area contributed by atoms with Crippen molar-refractivity contribution in [2.24, 2.45) is 11.8 Å². The second-order valence-corrected chi connectivity index (χ2v) is 9.90. The maximum absolute atomic E-state index is 12.4. The highest BCUT2D eigenvalue weighted by Gasteiger charge is 2.29. The van der Waals surface area contributed by atoms with Crippen LogP contribution in [0, 0.1) is 11.8 Å². The Balaban J connectivity index is 1.01. The van der Waals surface area contributed by atoms with E-state index >= 15 is 0 Å². The van der Waals surface area contributed by atoms with Crippen molar-refractivity contribution in [2.45, 2.75) is 63.9 Å². The minimum atomic E-state index is -0.0879. The molecule has 6 heteroatoms. The van der Waals surface area contributed by atoms with Crippen LogP contribution >= 0.6 is 0 Å². The van der Waals surface area contributed by atoms with E-state index in [1.54, 1.807) is 0 Å². The fourth-order valence-electron chi connectivity index (χ4n) is 5.84. The molecule has 6 nitrogen and oxygen atoms in total. The van der Waals surface area contributed by atoms with Crippen molar-refractivity contribution in [3.05, 3.63) is 17.8 Å². The van der Waals surface area contributed by atoms with Gasteiger partial charge in [-0.15, -0.1) is 0 Å². The molecule has 0 bridgehead atoms. The van der Waals surface area contributed by atoms with E-state index in [-0.39, 0.29) is 6.10 Å². The number of piperazine rings is 1. The number of Topliss-reactive ketones (excluding diaryl/α,β-unsaturated/α-hetero) is 1. The van der Waals surface area contributed by atoms with Crippen LogP contribution in [0.2, 0.25) is 0 Å². The van der Waals surface area contributed by atoms with Crippen LogP contribution in [0.1, 0.15) is 56.9 Å². The minimum Gasteiger partial charge on any atom is -0.489 e. The Morgan fingerprint density at radius 3 is 2.61 bits per heavy atom. The number of fused-ring (bicyclic) bond motifs is 1. The molecule has 3 aliphatic heterocycles. The van der Waals surface area contributed by atoms with E-state index < -0.39 is 0 Å². The van der Waals surface area contributed by atoms with Gasteiger partial charge in [0.1, 0.15) is 6.10 Å². The van der Waals surface area contributed by atoms with Crippen LogP contribution in [0.4, 0.5) is 5.82 Å². The van der Waals surface area contributed by atoms with Gasteiger partial charge in [0.05, 0.1) is 6.61 Å². The summed E-state index contributed by atoms with van der Waals surface area (Å²) < 4.78 is 11.4. The number of pyridine rings is 1. The highest BCUT2D eigenvalue weighted by molar-refractivity contribution is 5.83. The topological polar surface area (TPSA) is 54.9 Å². The molecular weight excluding hydrogens is 390 g/mol. The maximum Gasteiger partial charge on any atom is 0.171 e. The van der Waals surface area contributed by atoms with Crippen LogP contribution in [0.5, 0.6) is 5.75 Å². The van der Waals surface area contributed by atoms with Crippen LogP contribution in [-0.2, 0) is 16.0 Å². The van der Waals surface area contributed by atoms with Gasteiger partial charge in [0.15, 0.2) is 17.4 Å². The quantitative estimate of drug-likeness (QED) is 0.664. The summed E-state index contributed by atoms with van der Waals surface area (Å²) in [6.07, 6.45) is 11.9. The lowest BCUT2D eigenvalue weighted by Gasteiger charge is -2.37. The Morgan fingerprint density at radius 2 is 1.84 bits per heavy atom. The van der Waals surface area contributed by atoms with E-state index in [0.29, 0.717) is 11.7 Å². The summed E-state index contributed by atoms with van der Waals surface area (Å²) in [7, 11) is 0. The smallest absolute Gasteiger partial charge is 0.171 e. The van der Waals surface area contributed by atoms with Crippen LogP contribution in [0.15, 0.2) is 12.3 Å². The molecule has 1 aromatic rings. The van der Waals surface area contributed by atoms with Gasteiger partial charge < -0.3 is 14.4 Å². The van der Waals surface area contributed by atoms with Gasteiger partial charge in [0, 0.05) is 57.4 Å². The third-order valence-corrected chi connectivity index (χ3v) is 7.86. The Hall–Kier alpha value is -1.66. The molecule has 1 saturated carbocycles. The summed E-state index contributed by atoms with van der Waals surface area (Å²) in [5, 5.41) is 0. The number of ether oxygens (including phenoxy) is 2. The fourth-order valence-corrected chi connectivity index (χ4v) is 5.84. The molecule has 0 spiro atoms. The summed E-state index contributed by atoms with van der Waals surface area (Å²) in [6.45, 7) is 7.05. The van der Waals surface area contributed by atoms with Gasteiger partial charge in [-0.2, -0.15) is 0 Å². The number of hydrogen-bond acceptors (Lipinski definition) is 6. The fraction of sp³-hybridized carbons (Fsp3) is 0.760. The van der Waals surface area contributed by atoms with E-state index in [4.69, 9.17) is 9.47 Å². The lowest BCUT2D eigenvalue weighted by molar-refractivity contribution is -0.129. The second-order valence-electron chi connectivity index (χ2n) is 9.90. The van der Waals surface area contributed by atoms with Crippen molar-refractivity contribution >= 4 is 11.6 Å². The first-order chi connectivity index (χ1) is 15.3. The average molecular weight is 428 g/mol. The van der Waals surface area contributed by atoms with E-state index in [1.165, 1.54) is 44.2 Å². The van der Waals surface area contributed by atoms with Gasteiger partial charge in [-0.1, -0.05) is 12.8 Å². The van der Waals surface area contributed by atoms with E-state index in [1.807, 2.05) is 6.20 Å². The number of ketones is 1. The lowest BCUT2D eigenvalue weighted by atomic mass is 9.78. The minimum absolute atomic E-state index is 0.0879. The maximum atomic E-state index is 12.4. The van der Waals surface area contributed by atoms with Crippen molar-refractivity contribution in [2.75, 3.05) is 50.8 Å². The van der Waals surface area contributed by atoms with E-state index in [2.05, 4.69) is 20.9 Å². The van der Waals surface area contributed by atoms with Gasteiger partial charge in [0.2, 0.25) is 0 Å². The largest absolute Gasteiger partial charge is 0.489 e. The molecule has 0 aromatic carbocycles. The average Bonchev–Trinajstić information content (AvgIpc) is 3.51. The third kappa shape index (κ3) is 5.06. The summed E-state index contributed by atoms with van der Waals surface area (Å²) in [5.41, 5.74) is 1.31. The third-order valence-electron chi connectivity index (χ3n) is 7.86.